The first-order valence-electron chi connectivity index (χ1n) is 10.7. The van der Waals surface area contributed by atoms with E-state index >= 15 is 0 Å². The summed E-state index contributed by atoms with van der Waals surface area (Å²) >= 11 is 0. The summed E-state index contributed by atoms with van der Waals surface area (Å²) in [4.78, 5) is 0. The van der Waals surface area contributed by atoms with Crippen molar-refractivity contribution in [1.29, 1.82) is 0 Å². The van der Waals surface area contributed by atoms with Crippen molar-refractivity contribution >= 4 is 0 Å². The predicted molar refractivity (Wildman–Crippen MR) is 97.9 cm³/mol. The molecule has 2 N–H and O–H groups in total. The third-order valence-corrected chi connectivity index (χ3v) is 9.16. The zero-order chi connectivity index (χ0) is 19.6. The first kappa shape index (κ1) is 19.8. The number of rotatable bonds is 2. The van der Waals surface area contributed by atoms with E-state index in [1.807, 2.05) is 0 Å². The summed E-state index contributed by atoms with van der Waals surface area (Å²) in [5, 5.41) is 19.7. The van der Waals surface area contributed by atoms with Gasteiger partial charge in [0, 0.05) is 0 Å². The molecule has 154 valence electrons. The molecular weight excluding hydrogens is 353 g/mol. The van der Waals surface area contributed by atoms with Crippen molar-refractivity contribution in [3.63, 3.8) is 0 Å². The molecule has 4 aliphatic rings. The van der Waals surface area contributed by atoms with Crippen LogP contribution in [-0.4, -0.2) is 28.6 Å². The van der Waals surface area contributed by atoms with Gasteiger partial charge in [-0.3, -0.25) is 0 Å². The molecule has 8 atom stereocenters. The number of alkyl halides is 3. The van der Waals surface area contributed by atoms with Crippen LogP contribution >= 0.6 is 0 Å². The normalized spacial score (nSPS) is 48.3. The molecule has 0 aromatic carbocycles. The Bertz CT molecular complexity index is 615. The maximum atomic E-state index is 12.9. The predicted octanol–water partition coefficient (Wildman–Crippen LogP) is 5.24. The Hall–Kier alpha value is -0.550. The van der Waals surface area contributed by atoms with Gasteiger partial charge < -0.3 is 10.2 Å². The average molecular weight is 386 g/mol. The van der Waals surface area contributed by atoms with Crippen LogP contribution in [0.15, 0.2) is 11.6 Å². The summed E-state index contributed by atoms with van der Waals surface area (Å²) in [7, 11) is 0. The molecule has 0 saturated heterocycles. The highest BCUT2D eigenvalue weighted by molar-refractivity contribution is 5.25. The van der Waals surface area contributed by atoms with E-state index in [1.54, 1.807) is 0 Å². The van der Waals surface area contributed by atoms with Crippen molar-refractivity contribution in [2.45, 2.75) is 90.0 Å². The van der Waals surface area contributed by atoms with Crippen molar-refractivity contribution in [2.24, 2.45) is 34.5 Å². The van der Waals surface area contributed by atoms with E-state index in [4.69, 9.17) is 0 Å². The molecule has 4 aliphatic carbocycles. The first-order valence-corrected chi connectivity index (χ1v) is 10.7. The first-order chi connectivity index (χ1) is 12.6. The van der Waals surface area contributed by atoms with E-state index in [1.165, 1.54) is 5.57 Å². The van der Waals surface area contributed by atoms with Gasteiger partial charge in [0.1, 0.15) is 6.10 Å². The molecule has 0 radical (unpaired) electrons. The smallest absolute Gasteiger partial charge is 0.393 e. The zero-order valence-corrected chi connectivity index (χ0v) is 16.4. The van der Waals surface area contributed by atoms with Gasteiger partial charge in [-0.2, -0.15) is 13.2 Å². The minimum Gasteiger partial charge on any atom is -0.393 e. The zero-order valence-electron chi connectivity index (χ0n) is 16.4. The molecule has 0 aromatic rings. The van der Waals surface area contributed by atoms with Crippen LogP contribution in [-0.2, 0) is 0 Å². The van der Waals surface area contributed by atoms with Gasteiger partial charge in [0.25, 0.3) is 0 Å². The van der Waals surface area contributed by atoms with Crippen LogP contribution in [0.25, 0.3) is 0 Å². The number of aliphatic hydroxyl groups excluding tert-OH is 2. The Morgan fingerprint density at radius 2 is 1.85 bits per heavy atom. The van der Waals surface area contributed by atoms with Crippen molar-refractivity contribution in [1.82, 2.24) is 0 Å². The van der Waals surface area contributed by atoms with Crippen molar-refractivity contribution in [3.05, 3.63) is 11.6 Å². The minimum absolute atomic E-state index is 0.0357. The largest absolute Gasteiger partial charge is 0.414 e. The number of allylic oxidation sites excluding steroid dienone is 1. The molecule has 0 heterocycles. The number of halogens is 3. The highest BCUT2D eigenvalue weighted by Crippen LogP contribution is 2.66. The van der Waals surface area contributed by atoms with Crippen LogP contribution in [0.5, 0.6) is 0 Å². The summed E-state index contributed by atoms with van der Waals surface area (Å²) in [5.74, 6) is 1.56. The fraction of sp³-hybridized carbons (Fsp3) is 0.909. The maximum Gasteiger partial charge on any atom is 0.414 e. The highest BCUT2D eigenvalue weighted by Gasteiger charge is 2.59. The Morgan fingerprint density at radius 1 is 1.11 bits per heavy atom. The van der Waals surface area contributed by atoms with Crippen LogP contribution in [0.3, 0.4) is 0 Å². The third-order valence-electron chi connectivity index (χ3n) is 9.16. The van der Waals surface area contributed by atoms with Gasteiger partial charge in [-0.1, -0.05) is 25.5 Å². The maximum absolute atomic E-state index is 12.9. The lowest BCUT2D eigenvalue weighted by Crippen LogP contribution is -2.50. The average Bonchev–Trinajstić information content (AvgIpc) is 2.91. The molecule has 0 amide bonds. The van der Waals surface area contributed by atoms with Gasteiger partial charge in [0.2, 0.25) is 0 Å². The Balaban J connectivity index is 1.55. The van der Waals surface area contributed by atoms with E-state index < -0.39 is 12.3 Å². The Kier molecular flexibility index (Phi) is 4.74. The lowest BCUT2D eigenvalue weighted by molar-refractivity contribution is -0.211. The minimum atomic E-state index is -4.51. The molecule has 3 saturated carbocycles. The van der Waals surface area contributed by atoms with Crippen LogP contribution in [0.1, 0.15) is 71.6 Å². The van der Waals surface area contributed by atoms with E-state index in [9.17, 15) is 23.4 Å². The van der Waals surface area contributed by atoms with Gasteiger partial charge in [-0.25, -0.2) is 0 Å². The number of hydrogen-bond acceptors (Lipinski definition) is 2. The Morgan fingerprint density at radius 3 is 2.56 bits per heavy atom. The molecule has 0 bridgehead atoms. The van der Waals surface area contributed by atoms with E-state index in [2.05, 4.69) is 19.9 Å². The second kappa shape index (κ2) is 6.48. The van der Waals surface area contributed by atoms with Crippen molar-refractivity contribution in [2.75, 3.05) is 0 Å². The van der Waals surface area contributed by atoms with Crippen LogP contribution in [0, 0.1) is 34.5 Å². The molecule has 0 spiro atoms. The third kappa shape index (κ3) is 3.08. The second-order valence-corrected chi connectivity index (χ2v) is 10.3. The lowest BCUT2D eigenvalue weighted by Gasteiger charge is -2.58. The van der Waals surface area contributed by atoms with Crippen LogP contribution in [0.4, 0.5) is 13.2 Å². The van der Waals surface area contributed by atoms with Gasteiger partial charge in [0.05, 0.1) is 6.10 Å². The lowest BCUT2D eigenvalue weighted by atomic mass is 9.47. The fourth-order valence-corrected chi connectivity index (χ4v) is 7.54. The summed E-state index contributed by atoms with van der Waals surface area (Å²) in [6.07, 6.45) is 2.84. The van der Waals surface area contributed by atoms with Crippen LogP contribution in [0.2, 0.25) is 0 Å². The molecule has 5 unspecified atom stereocenters. The highest BCUT2D eigenvalue weighted by atomic mass is 19.4. The standard InChI is InChI=1S/C22H33F3O2/c1-20-9-7-15(26)11-13(20)3-5-16-17-6-4-14(12-19(27)22(23,24)25)21(17,2)10-8-18(16)20/h3,14-19,26-27H,4-12H2,1-2H3/t14?,15?,16-,17?,18?,19?,20-,21+/m0/s1. The SMILES string of the molecule is C[C@]12CCC3[C@@H](CC=C4CC(O)CC[C@@]43C)C1CCC2CC(O)C(F)(F)F. The molecule has 27 heavy (non-hydrogen) atoms. The quantitative estimate of drug-likeness (QED) is 0.637. The van der Waals surface area contributed by atoms with Gasteiger partial charge in [-0.05, 0) is 92.3 Å². The summed E-state index contributed by atoms with van der Waals surface area (Å²) in [6, 6.07) is 0. The van der Waals surface area contributed by atoms with E-state index in [0.29, 0.717) is 17.8 Å². The van der Waals surface area contributed by atoms with E-state index in [-0.39, 0.29) is 29.3 Å². The molecule has 0 aliphatic heterocycles. The second-order valence-electron chi connectivity index (χ2n) is 10.3. The van der Waals surface area contributed by atoms with Gasteiger partial charge in [-0.15, -0.1) is 0 Å². The Labute approximate surface area is 160 Å². The molecule has 3 fully saturated rings. The molecule has 4 rings (SSSR count). The summed E-state index contributed by atoms with van der Waals surface area (Å²) < 4.78 is 38.7. The van der Waals surface area contributed by atoms with Crippen molar-refractivity contribution in [3.8, 4) is 0 Å². The fourth-order valence-electron chi connectivity index (χ4n) is 7.54. The van der Waals surface area contributed by atoms with Crippen molar-refractivity contribution < 1.29 is 23.4 Å². The summed E-state index contributed by atoms with van der Waals surface area (Å²) in [5.41, 5.74) is 1.50. The molecular formula is C22H33F3O2. The number of hydrogen-bond donors (Lipinski definition) is 2. The van der Waals surface area contributed by atoms with Crippen LogP contribution < -0.4 is 0 Å². The monoisotopic (exact) mass is 386 g/mol. The topological polar surface area (TPSA) is 40.5 Å². The molecule has 0 aromatic heterocycles. The number of fused-ring (bicyclic) bond motifs is 5. The molecule has 5 heteroatoms. The molecule has 2 nitrogen and oxygen atoms in total. The number of aliphatic hydroxyl groups is 2. The van der Waals surface area contributed by atoms with Gasteiger partial charge in [0.15, 0.2) is 0 Å². The van der Waals surface area contributed by atoms with Gasteiger partial charge >= 0.3 is 6.18 Å². The van der Waals surface area contributed by atoms with E-state index in [0.717, 1.165) is 51.4 Å². The summed E-state index contributed by atoms with van der Waals surface area (Å²) in [6.45, 7) is 4.56.